The number of hydrogen-bond donors (Lipinski definition) is 1. The van der Waals surface area contributed by atoms with Gasteiger partial charge in [0.05, 0.1) is 17.3 Å². The number of carbonyl (C=O) groups is 1. The van der Waals surface area contributed by atoms with E-state index in [1.54, 1.807) is 29.8 Å². The van der Waals surface area contributed by atoms with E-state index in [1.165, 1.54) is 5.56 Å². The number of nitrogens with one attached hydrogen (secondary N) is 1. The molecule has 0 bridgehead atoms. The van der Waals surface area contributed by atoms with Gasteiger partial charge in [0.25, 0.3) is 0 Å². The van der Waals surface area contributed by atoms with Crippen molar-refractivity contribution in [2.75, 3.05) is 12.3 Å². The second-order valence-electron chi connectivity index (χ2n) is 4.86. The summed E-state index contributed by atoms with van der Waals surface area (Å²) in [6.07, 6.45) is 1.68. The molecule has 0 aliphatic carbocycles. The third kappa shape index (κ3) is 6.20. The summed E-state index contributed by atoms with van der Waals surface area (Å²) in [5, 5.41) is 2.96. The first kappa shape index (κ1) is 17.0. The molecule has 1 amide bonds. The summed E-state index contributed by atoms with van der Waals surface area (Å²) >= 11 is 3.43. The highest BCUT2D eigenvalue weighted by molar-refractivity contribution is 7.99. The molecule has 1 heterocycles. The molecule has 0 spiro atoms. The summed E-state index contributed by atoms with van der Waals surface area (Å²) in [6, 6.07) is 14.1. The fraction of sp³-hybridized carbons (Fsp3) is 0.353. The van der Waals surface area contributed by atoms with Gasteiger partial charge in [0.2, 0.25) is 5.91 Å². The molecule has 5 heteroatoms. The first-order valence-corrected chi connectivity index (χ1v) is 9.49. The van der Waals surface area contributed by atoms with E-state index in [9.17, 15) is 4.79 Å². The van der Waals surface area contributed by atoms with E-state index in [1.807, 2.05) is 37.3 Å². The van der Waals surface area contributed by atoms with Crippen LogP contribution in [0, 0.1) is 0 Å². The number of carbonyl (C=O) groups excluding carboxylic acids is 1. The zero-order chi connectivity index (χ0) is 15.6. The Morgan fingerprint density at radius 2 is 2.00 bits per heavy atom. The van der Waals surface area contributed by atoms with E-state index in [-0.39, 0.29) is 11.2 Å². The van der Waals surface area contributed by atoms with E-state index in [4.69, 9.17) is 4.42 Å². The third-order valence-corrected chi connectivity index (χ3v) is 5.28. The van der Waals surface area contributed by atoms with Crippen LogP contribution in [-0.2, 0) is 16.3 Å². The van der Waals surface area contributed by atoms with Crippen LogP contribution < -0.4 is 5.32 Å². The summed E-state index contributed by atoms with van der Waals surface area (Å²) in [5.74, 6) is 3.69. The topological polar surface area (TPSA) is 42.2 Å². The molecule has 0 unspecified atom stereocenters. The maximum Gasteiger partial charge on any atom is 0.232 e. The average molecular weight is 335 g/mol. The molecule has 0 aliphatic rings. The van der Waals surface area contributed by atoms with E-state index in [0.29, 0.717) is 6.54 Å². The van der Waals surface area contributed by atoms with Crippen molar-refractivity contribution < 1.29 is 9.21 Å². The highest BCUT2D eigenvalue weighted by atomic mass is 32.2. The van der Waals surface area contributed by atoms with E-state index in [2.05, 4.69) is 17.4 Å². The van der Waals surface area contributed by atoms with Crippen molar-refractivity contribution in [2.45, 2.75) is 23.7 Å². The van der Waals surface area contributed by atoms with Gasteiger partial charge in [-0.25, -0.2) is 0 Å². The van der Waals surface area contributed by atoms with Crippen LogP contribution in [0.15, 0.2) is 53.1 Å². The van der Waals surface area contributed by atoms with Gasteiger partial charge in [-0.05, 0) is 24.6 Å². The molecule has 1 N–H and O–H groups in total. The van der Waals surface area contributed by atoms with Crippen LogP contribution in [0.4, 0.5) is 0 Å². The Kier molecular flexibility index (Phi) is 7.46. The van der Waals surface area contributed by atoms with Gasteiger partial charge in [-0.3, -0.25) is 4.79 Å². The molecular formula is C17H21NO2S2. The standard InChI is InChI=1S/C17H21NO2S2/c1-14(22-12-15-6-3-2-4-7-15)17(19)18-9-11-21-13-16-8-5-10-20-16/h2-8,10,14H,9,11-13H2,1H3,(H,18,19)/t14-/m0/s1. The predicted molar refractivity (Wildman–Crippen MR) is 95.1 cm³/mol. The molecule has 1 atom stereocenters. The minimum absolute atomic E-state index is 0.0321. The Bertz CT molecular complexity index is 543. The summed E-state index contributed by atoms with van der Waals surface area (Å²) in [6.45, 7) is 2.65. The molecule has 2 rings (SSSR count). The number of amides is 1. The highest BCUT2D eigenvalue weighted by Gasteiger charge is 2.12. The van der Waals surface area contributed by atoms with Crippen molar-refractivity contribution in [1.29, 1.82) is 0 Å². The Balaban J connectivity index is 1.56. The van der Waals surface area contributed by atoms with Gasteiger partial charge in [-0.15, -0.1) is 11.8 Å². The molecule has 0 fully saturated rings. The summed E-state index contributed by atoms with van der Waals surface area (Å²) in [5.41, 5.74) is 1.25. The van der Waals surface area contributed by atoms with Crippen molar-refractivity contribution in [2.24, 2.45) is 0 Å². The molecule has 0 aliphatic heterocycles. The van der Waals surface area contributed by atoms with Crippen LogP contribution in [0.3, 0.4) is 0 Å². The number of thioether (sulfide) groups is 2. The van der Waals surface area contributed by atoms with Crippen LogP contribution >= 0.6 is 23.5 Å². The third-order valence-electron chi connectivity index (χ3n) is 3.08. The maximum absolute atomic E-state index is 12.0. The fourth-order valence-electron chi connectivity index (χ4n) is 1.83. The van der Waals surface area contributed by atoms with Crippen molar-refractivity contribution in [3.8, 4) is 0 Å². The van der Waals surface area contributed by atoms with E-state index < -0.39 is 0 Å². The first-order valence-electron chi connectivity index (χ1n) is 7.29. The molecule has 1 aromatic heterocycles. The van der Waals surface area contributed by atoms with Crippen molar-refractivity contribution >= 4 is 29.4 Å². The molecule has 1 aromatic carbocycles. The number of benzene rings is 1. The molecule has 2 aromatic rings. The zero-order valence-corrected chi connectivity index (χ0v) is 14.3. The Labute approximate surface area is 140 Å². The molecule has 0 saturated heterocycles. The van der Waals surface area contributed by atoms with Crippen LogP contribution in [0.2, 0.25) is 0 Å². The molecule has 22 heavy (non-hydrogen) atoms. The Hall–Kier alpha value is -1.33. The van der Waals surface area contributed by atoms with Gasteiger partial charge in [-0.2, -0.15) is 11.8 Å². The van der Waals surface area contributed by atoms with Crippen molar-refractivity contribution in [3.05, 3.63) is 60.1 Å². The second-order valence-corrected chi connectivity index (χ2v) is 7.30. The first-order chi connectivity index (χ1) is 10.8. The Morgan fingerprint density at radius 1 is 1.18 bits per heavy atom. The van der Waals surface area contributed by atoms with Gasteiger partial charge in [0, 0.05) is 18.1 Å². The van der Waals surface area contributed by atoms with Crippen LogP contribution in [0.5, 0.6) is 0 Å². The molecule has 0 saturated carbocycles. The number of hydrogen-bond acceptors (Lipinski definition) is 4. The lowest BCUT2D eigenvalue weighted by Crippen LogP contribution is -2.32. The summed E-state index contributed by atoms with van der Waals surface area (Å²) in [4.78, 5) is 12.0. The number of furan rings is 1. The van der Waals surface area contributed by atoms with Crippen molar-refractivity contribution in [3.63, 3.8) is 0 Å². The van der Waals surface area contributed by atoms with Crippen molar-refractivity contribution in [1.82, 2.24) is 5.32 Å². The van der Waals surface area contributed by atoms with Gasteiger partial charge in [-0.1, -0.05) is 30.3 Å². The second kappa shape index (κ2) is 9.64. The maximum atomic E-state index is 12.0. The minimum atomic E-state index is -0.0321. The lowest BCUT2D eigenvalue weighted by molar-refractivity contribution is -0.120. The predicted octanol–water partition coefficient (Wildman–Crippen LogP) is 3.95. The van der Waals surface area contributed by atoms with E-state index >= 15 is 0 Å². The largest absolute Gasteiger partial charge is 0.468 e. The Morgan fingerprint density at radius 3 is 2.73 bits per heavy atom. The lowest BCUT2D eigenvalue weighted by atomic mass is 10.2. The van der Waals surface area contributed by atoms with E-state index in [0.717, 1.165) is 23.0 Å². The highest BCUT2D eigenvalue weighted by Crippen LogP contribution is 2.17. The molecule has 118 valence electrons. The van der Waals surface area contributed by atoms with Crippen LogP contribution in [0.1, 0.15) is 18.2 Å². The average Bonchev–Trinajstić information content (AvgIpc) is 3.06. The minimum Gasteiger partial charge on any atom is -0.468 e. The smallest absolute Gasteiger partial charge is 0.232 e. The quantitative estimate of drug-likeness (QED) is 0.705. The SMILES string of the molecule is C[C@H](SCc1ccccc1)C(=O)NCCSCc1ccco1. The van der Waals surface area contributed by atoms with Gasteiger partial charge in [0.1, 0.15) is 5.76 Å². The zero-order valence-electron chi connectivity index (χ0n) is 12.7. The lowest BCUT2D eigenvalue weighted by Gasteiger charge is -2.11. The fourth-order valence-corrected chi connectivity index (χ4v) is 3.45. The van der Waals surface area contributed by atoms with Gasteiger partial charge in [0.15, 0.2) is 0 Å². The van der Waals surface area contributed by atoms with Gasteiger partial charge >= 0.3 is 0 Å². The monoisotopic (exact) mass is 335 g/mol. The molecular weight excluding hydrogens is 314 g/mol. The number of rotatable bonds is 9. The van der Waals surface area contributed by atoms with Gasteiger partial charge < -0.3 is 9.73 Å². The summed E-state index contributed by atoms with van der Waals surface area (Å²) < 4.78 is 5.26. The summed E-state index contributed by atoms with van der Waals surface area (Å²) in [7, 11) is 0. The van der Waals surface area contributed by atoms with Crippen LogP contribution in [-0.4, -0.2) is 23.5 Å². The van der Waals surface area contributed by atoms with Crippen LogP contribution in [0.25, 0.3) is 0 Å². The molecule has 0 radical (unpaired) electrons. The normalized spacial score (nSPS) is 12.0. The molecule has 3 nitrogen and oxygen atoms in total.